The number of carbonyl (C=O) groups is 1. The molecule has 0 spiro atoms. The second kappa shape index (κ2) is 4.47. The van der Waals surface area contributed by atoms with Crippen LogP contribution in [-0.2, 0) is 5.41 Å². The van der Waals surface area contributed by atoms with Crippen molar-refractivity contribution < 1.29 is 9.90 Å². The summed E-state index contributed by atoms with van der Waals surface area (Å²) in [6.45, 7) is 6.31. The monoisotopic (exact) mass is 206 g/mol. The van der Waals surface area contributed by atoms with E-state index in [1.165, 1.54) is 0 Å². The van der Waals surface area contributed by atoms with Crippen LogP contribution in [0, 0.1) is 0 Å². The van der Waals surface area contributed by atoms with Gasteiger partial charge in [-0.1, -0.05) is 45.4 Å². The van der Waals surface area contributed by atoms with E-state index in [1.807, 2.05) is 12.1 Å². The summed E-state index contributed by atoms with van der Waals surface area (Å²) in [5.41, 5.74) is 1.29. The van der Waals surface area contributed by atoms with Crippen LogP contribution >= 0.6 is 0 Å². The van der Waals surface area contributed by atoms with Crippen molar-refractivity contribution >= 4 is 5.97 Å². The summed E-state index contributed by atoms with van der Waals surface area (Å²) in [4.78, 5) is 11.1. The first-order chi connectivity index (χ1) is 6.99. The summed E-state index contributed by atoms with van der Waals surface area (Å²) in [7, 11) is 0. The van der Waals surface area contributed by atoms with E-state index in [-0.39, 0.29) is 5.41 Å². The van der Waals surface area contributed by atoms with Crippen molar-refractivity contribution in [2.24, 2.45) is 0 Å². The fourth-order valence-corrected chi connectivity index (χ4v) is 2.02. The molecule has 0 atom stereocenters. The van der Waals surface area contributed by atoms with Gasteiger partial charge in [0.05, 0.1) is 5.56 Å². The Morgan fingerprint density at radius 2 is 1.93 bits per heavy atom. The average Bonchev–Trinajstić information content (AvgIpc) is 2.17. The van der Waals surface area contributed by atoms with Gasteiger partial charge < -0.3 is 5.11 Å². The van der Waals surface area contributed by atoms with E-state index in [1.54, 1.807) is 12.1 Å². The maximum Gasteiger partial charge on any atom is 0.335 e. The van der Waals surface area contributed by atoms with Gasteiger partial charge >= 0.3 is 5.97 Å². The molecule has 0 aliphatic rings. The lowest BCUT2D eigenvalue weighted by molar-refractivity contribution is 0.0694. The fourth-order valence-electron chi connectivity index (χ4n) is 2.02. The summed E-state index contributed by atoms with van der Waals surface area (Å²) in [6.07, 6.45) is 2.05. The molecule has 0 heterocycles. The predicted octanol–water partition coefficient (Wildman–Crippen LogP) is 3.46. The Morgan fingerprint density at radius 3 is 2.47 bits per heavy atom. The van der Waals surface area contributed by atoms with Gasteiger partial charge in [-0.3, -0.25) is 0 Å². The van der Waals surface area contributed by atoms with E-state index in [4.69, 9.17) is 5.11 Å². The van der Waals surface area contributed by atoms with Crippen molar-refractivity contribution in [2.45, 2.75) is 39.0 Å². The smallest absolute Gasteiger partial charge is 0.335 e. The van der Waals surface area contributed by atoms with Crippen LogP contribution in [0.1, 0.15) is 49.5 Å². The summed E-state index contributed by atoms with van der Waals surface area (Å²) >= 11 is 0. The molecule has 2 nitrogen and oxygen atoms in total. The van der Waals surface area contributed by atoms with Crippen LogP contribution in [0.25, 0.3) is 0 Å². The highest BCUT2D eigenvalue weighted by atomic mass is 16.4. The van der Waals surface area contributed by atoms with Crippen molar-refractivity contribution in [2.75, 3.05) is 0 Å². The van der Waals surface area contributed by atoms with E-state index >= 15 is 0 Å². The average molecular weight is 206 g/mol. The number of benzene rings is 1. The van der Waals surface area contributed by atoms with Gasteiger partial charge in [-0.25, -0.2) is 4.79 Å². The first-order valence-corrected chi connectivity index (χ1v) is 5.32. The van der Waals surface area contributed by atoms with Gasteiger partial charge in [0.15, 0.2) is 0 Å². The van der Waals surface area contributed by atoms with Gasteiger partial charge in [0.25, 0.3) is 0 Å². The van der Waals surface area contributed by atoms with Crippen LogP contribution in [0.4, 0.5) is 0 Å². The van der Waals surface area contributed by atoms with Gasteiger partial charge in [0.2, 0.25) is 0 Å². The topological polar surface area (TPSA) is 37.3 Å². The molecule has 0 radical (unpaired) electrons. The molecule has 0 aliphatic carbocycles. The molecule has 15 heavy (non-hydrogen) atoms. The normalized spacial score (nSPS) is 11.4. The molecule has 82 valence electrons. The van der Waals surface area contributed by atoms with Crippen LogP contribution in [0.2, 0.25) is 0 Å². The fraction of sp³-hybridized carbons (Fsp3) is 0.462. The van der Waals surface area contributed by atoms with Crippen LogP contribution in [0.5, 0.6) is 0 Å². The standard InChI is InChI=1S/C13H18O2/c1-4-9-13(2,3)11-8-6-5-7-10(11)12(14)15/h5-8H,4,9H2,1-3H3,(H,14,15). The van der Waals surface area contributed by atoms with Crippen LogP contribution in [0.3, 0.4) is 0 Å². The van der Waals surface area contributed by atoms with Crippen molar-refractivity contribution in [3.05, 3.63) is 35.4 Å². The number of carboxylic acid groups (broad SMARTS) is 1. The third-order valence-corrected chi connectivity index (χ3v) is 2.76. The van der Waals surface area contributed by atoms with Gasteiger partial charge in [-0.05, 0) is 23.5 Å². The maximum atomic E-state index is 11.1. The molecule has 0 aliphatic heterocycles. The number of carboxylic acids is 1. The van der Waals surface area contributed by atoms with Gasteiger partial charge in [-0.15, -0.1) is 0 Å². The Bertz CT molecular complexity index is 353. The summed E-state index contributed by atoms with van der Waals surface area (Å²) < 4.78 is 0. The largest absolute Gasteiger partial charge is 0.478 e. The minimum atomic E-state index is -0.838. The molecule has 0 bridgehead atoms. The molecular formula is C13H18O2. The number of hydrogen-bond donors (Lipinski definition) is 1. The molecule has 1 N–H and O–H groups in total. The van der Waals surface area contributed by atoms with Crippen molar-refractivity contribution in [1.29, 1.82) is 0 Å². The molecule has 0 saturated heterocycles. The number of aromatic carboxylic acids is 1. The molecule has 0 saturated carbocycles. The molecule has 0 fully saturated rings. The van der Waals surface area contributed by atoms with Gasteiger partial charge in [-0.2, -0.15) is 0 Å². The zero-order chi connectivity index (χ0) is 11.5. The van der Waals surface area contributed by atoms with Crippen LogP contribution in [-0.4, -0.2) is 11.1 Å². The third-order valence-electron chi connectivity index (χ3n) is 2.76. The molecule has 1 aromatic rings. The molecule has 0 aromatic heterocycles. The van der Waals surface area contributed by atoms with Crippen LogP contribution in [0.15, 0.2) is 24.3 Å². The molecule has 1 aromatic carbocycles. The number of hydrogen-bond acceptors (Lipinski definition) is 1. The van der Waals surface area contributed by atoms with Crippen molar-refractivity contribution in [3.63, 3.8) is 0 Å². The third kappa shape index (κ3) is 2.58. The second-order valence-electron chi connectivity index (χ2n) is 4.48. The van der Waals surface area contributed by atoms with E-state index in [0.717, 1.165) is 18.4 Å². The Kier molecular flexibility index (Phi) is 3.51. The van der Waals surface area contributed by atoms with E-state index in [9.17, 15) is 4.79 Å². The summed E-state index contributed by atoms with van der Waals surface area (Å²) in [5.74, 6) is -0.838. The maximum absolute atomic E-state index is 11.1. The Balaban J connectivity index is 3.18. The molecule has 2 heteroatoms. The van der Waals surface area contributed by atoms with E-state index in [2.05, 4.69) is 20.8 Å². The first-order valence-electron chi connectivity index (χ1n) is 5.32. The first kappa shape index (κ1) is 11.8. The molecule has 0 unspecified atom stereocenters. The highest BCUT2D eigenvalue weighted by Crippen LogP contribution is 2.30. The minimum Gasteiger partial charge on any atom is -0.478 e. The van der Waals surface area contributed by atoms with Crippen molar-refractivity contribution in [1.82, 2.24) is 0 Å². The second-order valence-corrected chi connectivity index (χ2v) is 4.48. The number of rotatable bonds is 4. The summed E-state index contributed by atoms with van der Waals surface area (Å²) in [6, 6.07) is 7.27. The molecule has 0 amide bonds. The highest BCUT2D eigenvalue weighted by Gasteiger charge is 2.24. The Hall–Kier alpha value is -1.31. The van der Waals surface area contributed by atoms with Gasteiger partial charge in [0.1, 0.15) is 0 Å². The lowest BCUT2D eigenvalue weighted by Gasteiger charge is -2.26. The minimum absolute atomic E-state index is 0.0657. The zero-order valence-corrected chi connectivity index (χ0v) is 9.58. The van der Waals surface area contributed by atoms with E-state index in [0.29, 0.717) is 5.56 Å². The van der Waals surface area contributed by atoms with Gasteiger partial charge in [0, 0.05) is 0 Å². The van der Waals surface area contributed by atoms with E-state index < -0.39 is 5.97 Å². The zero-order valence-electron chi connectivity index (χ0n) is 9.58. The van der Waals surface area contributed by atoms with Crippen molar-refractivity contribution in [3.8, 4) is 0 Å². The predicted molar refractivity (Wildman–Crippen MR) is 61.3 cm³/mol. The SMILES string of the molecule is CCCC(C)(C)c1ccccc1C(=O)O. The summed E-state index contributed by atoms with van der Waals surface area (Å²) in [5, 5.41) is 9.10. The Morgan fingerprint density at radius 1 is 1.33 bits per heavy atom. The Labute approximate surface area is 90.9 Å². The molecular weight excluding hydrogens is 188 g/mol. The lowest BCUT2D eigenvalue weighted by atomic mass is 9.78. The molecule has 1 rings (SSSR count). The highest BCUT2D eigenvalue weighted by molar-refractivity contribution is 5.89. The lowest BCUT2D eigenvalue weighted by Crippen LogP contribution is -2.20. The van der Waals surface area contributed by atoms with Crippen LogP contribution < -0.4 is 0 Å². The quantitative estimate of drug-likeness (QED) is 0.819.